The van der Waals surface area contributed by atoms with Gasteiger partial charge in [0.2, 0.25) is 0 Å². The van der Waals surface area contributed by atoms with Gasteiger partial charge in [0.15, 0.2) is 0 Å². The summed E-state index contributed by atoms with van der Waals surface area (Å²) in [6.45, 7) is 11.1. The highest BCUT2D eigenvalue weighted by Crippen LogP contribution is 2.44. The Morgan fingerprint density at radius 2 is 0.848 bits per heavy atom. The number of fused-ring (bicyclic) bond motifs is 4. The van der Waals surface area contributed by atoms with Crippen molar-refractivity contribution < 1.29 is 0 Å². The fourth-order valence-electron chi connectivity index (χ4n) is 5.39. The molecule has 0 atom stereocenters. The molecule has 0 unspecified atom stereocenters. The van der Waals surface area contributed by atoms with Gasteiger partial charge in [-0.05, 0) is 123 Å². The average Bonchev–Trinajstić information content (AvgIpc) is 2.78. The summed E-state index contributed by atoms with van der Waals surface area (Å²) in [7, 11) is 0. The van der Waals surface area contributed by atoms with Crippen LogP contribution >= 0.6 is 0 Å². The Hall–Kier alpha value is -3.64. The first-order chi connectivity index (χ1) is 15.9. The van der Waals surface area contributed by atoms with Crippen molar-refractivity contribution in [2.24, 2.45) is 0 Å². The molecule has 6 rings (SSSR count). The summed E-state index contributed by atoms with van der Waals surface area (Å²) in [4.78, 5) is 0. The second-order valence-corrected chi connectivity index (χ2v) is 9.76. The monoisotopic (exact) mass is 424 g/mol. The van der Waals surface area contributed by atoms with Crippen molar-refractivity contribution in [3.05, 3.63) is 107 Å². The van der Waals surface area contributed by atoms with Gasteiger partial charge in [0.25, 0.3) is 0 Å². The Morgan fingerprint density at radius 3 is 1.48 bits per heavy atom. The highest BCUT2D eigenvalue weighted by atomic mass is 14.2. The first-order valence-corrected chi connectivity index (χ1v) is 11.8. The van der Waals surface area contributed by atoms with Gasteiger partial charge >= 0.3 is 0 Å². The third-order valence-corrected chi connectivity index (χ3v) is 7.45. The highest BCUT2D eigenvalue weighted by Gasteiger charge is 2.17. The summed E-state index contributed by atoms with van der Waals surface area (Å²) in [5.41, 5.74) is 9.37. The highest BCUT2D eigenvalue weighted by molar-refractivity contribution is 6.23. The second-order valence-electron chi connectivity index (χ2n) is 9.76. The zero-order valence-electron chi connectivity index (χ0n) is 20.0. The van der Waals surface area contributed by atoms with Crippen molar-refractivity contribution in [3.8, 4) is 11.1 Å². The van der Waals surface area contributed by atoms with Gasteiger partial charge in [0, 0.05) is 0 Å². The summed E-state index contributed by atoms with van der Waals surface area (Å²) >= 11 is 0. The van der Waals surface area contributed by atoms with Gasteiger partial charge in [-0.1, -0.05) is 72.3 Å². The van der Waals surface area contributed by atoms with Crippen LogP contribution in [0.2, 0.25) is 0 Å². The Balaban J connectivity index is 1.94. The van der Waals surface area contributed by atoms with Crippen molar-refractivity contribution in [1.29, 1.82) is 0 Å². The van der Waals surface area contributed by atoms with Crippen LogP contribution in [0.1, 0.15) is 27.8 Å². The molecule has 0 bridgehead atoms. The van der Waals surface area contributed by atoms with Crippen LogP contribution in [-0.4, -0.2) is 0 Å². The molecule has 160 valence electrons. The Kier molecular flexibility index (Phi) is 4.35. The fraction of sp³-hybridized carbons (Fsp3) is 0.152. The molecule has 0 radical (unpaired) electrons. The zero-order valence-corrected chi connectivity index (χ0v) is 20.0. The first-order valence-electron chi connectivity index (χ1n) is 11.8. The van der Waals surface area contributed by atoms with Crippen LogP contribution in [0.25, 0.3) is 54.2 Å². The average molecular weight is 425 g/mol. The van der Waals surface area contributed by atoms with Crippen molar-refractivity contribution in [3.63, 3.8) is 0 Å². The molecule has 6 aromatic carbocycles. The van der Waals surface area contributed by atoms with Crippen molar-refractivity contribution in [2.75, 3.05) is 0 Å². The van der Waals surface area contributed by atoms with Gasteiger partial charge in [-0.15, -0.1) is 0 Å². The molecule has 0 N–H and O–H groups in total. The lowest BCUT2D eigenvalue weighted by atomic mass is 9.84. The van der Waals surface area contributed by atoms with Crippen LogP contribution < -0.4 is 0 Å². The minimum absolute atomic E-state index is 1.30. The van der Waals surface area contributed by atoms with E-state index < -0.39 is 0 Å². The van der Waals surface area contributed by atoms with Crippen LogP contribution in [-0.2, 0) is 0 Å². The van der Waals surface area contributed by atoms with Gasteiger partial charge in [-0.2, -0.15) is 0 Å². The molecule has 0 spiro atoms. The second kappa shape index (κ2) is 7.18. The van der Waals surface area contributed by atoms with Gasteiger partial charge < -0.3 is 0 Å². The zero-order chi connectivity index (χ0) is 22.9. The number of hydrogen-bond acceptors (Lipinski definition) is 0. The molecular weight excluding hydrogens is 396 g/mol. The van der Waals surface area contributed by atoms with Gasteiger partial charge in [0.05, 0.1) is 0 Å². The van der Waals surface area contributed by atoms with E-state index in [0.717, 1.165) is 0 Å². The van der Waals surface area contributed by atoms with Gasteiger partial charge in [-0.25, -0.2) is 0 Å². The molecule has 0 saturated carbocycles. The smallest absolute Gasteiger partial charge is 0.00142 e. The van der Waals surface area contributed by atoms with Crippen molar-refractivity contribution in [1.82, 2.24) is 0 Å². The normalized spacial score (nSPS) is 11.8. The van der Waals surface area contributed by atoms with E-state index in [1.165, 1.54) is 82.0 Å². The summed E-state index contributed by atoms with van der Waals surface area (Å²) in [6, 6.07) is 30.0. The number of hydrogen-bond donors (Lipinski definition) is 0. The minimum Gasteiger partial charge on any atom is -0.0616 e. The maximum Gasteiger partial charge on any atom is -0.00142 e. The largest absolute Gasteiger partial charge is 0.0616 e. The molecule has 6 aromatic rings. The molecule has 0 heterocycles. The molecular formula is C33H28. The minimum atomic E-state index is 1.30. The molecule has 0 aliphatic rings. The first kappa shape index (κ1) is 20.0. The third kappa shape index (κ3) is 3.05. The molecule has 0 fully saturated rings. The van der Waals surface area contributed by atoms with E-state index in [0.29, 0.717) is 0 Å². The number of aryl methyl sites for hydroxylation is 5. The Morgan fingerprint density at radius 1 is 0.364 bits per heavy atom. The third-order valence-electron chi connectivity index (χ3n) is 7.45. The molecule has 0 heteroatoms. The van der Waals surface area contributed by atoms with Gasteiger partial charge in [-0.3, -0.25) is 0 Å². The van der Waals surface area contributed by atoms with Crippen LogP contribution in [0.3, 0.4) is 0 Å². The van der Waals surface area contributed by atoms with E-state index in [4.69, 9.17) is 0 Å². The molecule has 0 saturated heterocycles. The maximum atomic E-state index is 2.40. The van der Waals surface area contributed by atoms with Crippen LogP contribution in [0.4, 0.5) is 0 Å². The predicted octanol–water partition coefficient (Wildman–Crippen LogP) is 9.51. The van der Waals surface area contributed by atoms with E-state index in [-0.39, 0.29) is 0 Å². The molecule has 0 amide bonds. The quantitative estimate of drug-likeness (QED) is 0.231. The van der Waals surface area contributed by atoms with E-state index in [1.807, 2.05) is 0 Å². The SMILES string of the molecule is Cc1ccc2c(-c3c4ccccc4cc4cc(C)c(C)cc34)c3cc(C)c(C)cc3cc2c1. The van der Waals surface area contributed by atoms with Crippen LogP contribution in [0.5, 0.6) is 0 Å². The van der Waals surface area contributed by atoms with E-state index in [9.17, 15) is 0 Å². The lowest BCUT2D eigenvalue weighted by Gasteiger charge is -2.19. The predicted molar refractivity (Wildman–Crippen MR) is 146 cm³/mol. The fourth-order valence-corrected chi connectivity index (χ4v) is 5.39. The molecule has 0 aliphatic carbocycles. The summed E-state index contributed by atoms with van der Waals surface area (Å²) < 4.78 is 0. The molecule has 0 aromatic heterocycles. The van der Waals surface area contributed by atoms with Crippen molar-refractivity contribution >= 4 is 43.1 Å². The lowest BCUT2D eigenvalue weighted by molar-refractivity contribution is 1.36. The summed E-state index contributed by atoms with van der Waals surface area (Å²) in [5.74, 6) is 0. The maximum absolute atomic E-state index is 2.40. The standard InChI is InChI=1S/C33H28/c1-19-10-11-29-25(12-19)18-27-14-21(3)23(5)16-31(27)33(29)32-28-9-7-6-8-24(28)17-26-13-20(2)22(4)15-30(26)32/h6-18H,1-5H3. The van der Waals surface area contributed by atoms with E-state index >= 15 is 0 Å². The van der Waals surface area contributed by atoms with E-state index in [1.54, 1.807) is 0 Å². The summed E-state index contributed by atoms with van der Waals surface area (Å²) in [6.07, 6.45) is 0. The Labute approximate surface area is 195 Å². The van der Waals surface area contributed by atoms with E-state index in [2.05, 4.69) is 113 Å². The topological polar surface area (TPSA) is 0 Å². The summed E-state index contributed by atoms with van der Waals surface area (Å²) in [5, 5.41) is 10.6. The van der Waals surface area contributed by atoms with Crippen LogP contribution in [0.15, 0.2) is 78.9 Å². The molecule has 0 aliphatic heterocycles. The molecule has 33 heavy (non-hydrogen) atoms. The van der Waals surface area contributed by atoms with Gasteiger partial charge in [0.1, 0.15) is 0 Å². The molecule has 0 nitrogen and oxygen atoms in total. The lowest BCUT2D eigenvalue weighted by Crippen LogP contribution is -1.93. The Bertz CT molecular complexity index is 1750. The number of benzene rings is 6. The van der Waals surface area contributed by atoms with Crippen molar-refractivity contribution in [2.45, 2.75) is 34.6 Å². The van der Waals surface area contributed by atoms with Crippen LogP contribution in [0, 0.1) is 34.6 Å². The number of rotatable bonds is 1.